The number of halogens is 3. The van der Waals surface area contributed by atoms with Gasteiger partial charge >= 0.3 is 12.2 Å². The van der Waals surface area contributed by atoms with Crippen molar-refractivity contribution in [2.24, 2.45) is 0 Å². The second-order valence-electron chi connectivity index (χ2n) is 6.34. The molecule has 1 aliphatic rings. The second-order valence-corrected chi connectivity index (χ2v) is 6.34. The molecule has 1 aliphatic heterocycles. The Kier molecular flexibility index (Phi) is 4.95. The fraction of sp³-hybridized carbons (Fsp3) is 0.389. The summed E-state index contributed by atoms with van der Waals surface area (Å²) in [6.45, 7) is 0.744. The van der Waals surface area contributed by atoms with E-state index in [4.69, 9.17) is 4.42 Å². The molecule has 2 amide bonds. The molecule has 0 saturated carbocycles. The van der Waals surface area contributed by atoms with Crippen LogP contribution >= 0.6 is 0 Å². The number of furan rings is 1. The van der Waals surface area contributed by atoms with Gasteiger partial charge in [0.05, 0.1) is 24.0 Å². The number of nitrogens with one attached hydrogen (secondary N) is 1. The number of urea groups is 1. The maximum absolute atomic E-state index is 12.9. The summed E-state index contributed by atoms with van der Waals surface area (Å²) in [4.78, 5) is 13.7. The van der Waals surface area contributed by atoms with Gasteiger partial charge in [0.15, 0.2) is 0 Å². The number of piperidine rings is 1. The van der Waals surface area contributed by atoms with Gasteiger partial charge in [0, 0.05) is 13.1 Å². The number of nitrogens with zero attached hydrogens (tertiary/aromatic N) is 1. The summed E-state index contributed by atoms with van der Waals surface area (Å²) in [5.74, 6) is 0.621. The van der Waals surface area contributed by atoms with Gasteiger partial charge in [0.1, 0.15) is 5.76 Å². The third-order valence-corrected chi connectivity index (χ3v) is 4.60. The van der Waals surface area contributed by atoms with Crippen LogP contribution in [0.1, 0.15) is 29.7 Å². The lowest BCUT2D eigenvalue weighted by atomic mass is 9.84. The van der Waals surface area contributed by atoms with Crippen molar-refractivity contribution in [2.75, 3.05) is 13.1 Å². The zero-order valence-electron chi connectivity index (χ0n) is 13.9. The highest BCUT2D eigenvalue weighted by Gasteiger charge is 2.37. The molecule has 2 aromatic rings. The van der Waals surface area contributed by atoms with Crippen molar-refractivity contribution < 1.29 is 27.5 Å². The zero-order chi connectivity index (χ0) is 18.8. The number of carbonyl (C=O) groups is 1. The second kappa shape index (κ2) is 7.03. The summed E-state index contributed by atoms with van der Waals surface area (Å²) in [6.07, 6.45) is -2.61. The molecule has 1 aromatic carbocycles. The minimum absolute atomic E-state index is 0.169. The molecule has 140 valence electrons. The summed E-state index contributed by atoms with van der Waals surface area (Å²) in [5, 5.41) is 13.5. The number of aliphatic hydroxyl groups is 1. The fourth-order valence-corrected chi connectivity index (χ4v) is 3.04. The Labute approximate surface area is 148 Å². The van der Waals surface area contributed by atoms with Crippen LogP contribution in [0.3, 0.4) is 0 Å². The number of rotatable bonds is 3. The quantitative estimate of drug-likeness (QED) is 0.872. The van der Waals surface area contributed by atoms with Gasteiger partial charge in [-0.15, -0.1) is 0 Å². The van der Waals surface area contributed by atoms with Gasteiger partial charge in [-0.1, -0.05) is 12.1 Å². The van der Waals surface area contributed by atoms with Crippen LogP contribution in [-0.2, 0) is 18.3 Å². The van der Waals surface area contributed by atoms with E-state index in [1.165, 1.54) is 23.3 Å². The predicted molar refractivity (Wildman–Crippen MR) is 87.1 cm³/mol. The number of benzene rings is 1. The van der Waals surface area contributed by atoms with Crippen LogP contribution in [0.4, 0.5) is 18.0 Å². The average molecular weight is 368 g/mol. The summed E-state index contributed by atoms with van der Waals surface area (Å²) >= 11 is 0. The summed E-state index contributed by atoms with van der Waals surface area (Å²) in [6, 6.07) is 7.89. The monoisotopic (exact) mass is 368 g/mol. The van der Waals surface area contributed by atoms with Crippen LogP contribution in [0.5, 0.6) is 0 Å². The SMILES string of the molecule is O=C(NCc1ccco1)N1CCC(O)(c2cccc(C(F)(F)F)c2)CC1. The standard InChI is InChI=1S/C18H19F3N2O3/c19-18(20,21)14-4-1-3-13(11-14)17(25)6-8-23(9-7-17)16(24)22-12-15-5-2-10-26-15/h1-5,10-11,25H,6-9,12H2,(H,22,24). The fourth-order valence-electron chi connectivity index (χ4n) is 3.04. The molecule has 0 spiro atoms. The van der Waals surface area contributed by atoms with Gasteiger partial charge < -0.3 is 19.7 Å². The van der Waals surface area contributed by atoms with Crippen LogP contribution < -0.4 is 5.32 Å². The lowest BCUT2D eigenvalue weighted by molar-refractivity contribution is -0.137. The van der Waals surface area contributed by atoms with E-state index in [1.54, 1.807) is 12.1 Å². The van der Waals surface area contributed by atoms with Crippen LogP contribution in [-0.4, -0.2) is 29.1 Å². The number of hydrogen-bond acceptors (Lipinski definition) is 3. The Hall–Kier alpha value is -2.48. The van der Waals surface area contributed by atoms with Crippen molar-refractivity contribution in [3.05, 3.63) is 59.5 Å². The third-order valence-electron chi connectivity index (χ3n) is 4.60. The van der Waals surface area contributed by atoms with Crippen LogP contribution in [0.2, 0.25) is 0 Å². The zero-order valence-corrected chi connectivity index (χ0v) is 13.9. The van der Waals surface area contributed by atoms with Gasteiger partial charge in [-0.25, -0.2) is 4.79 Å². The molecule has 1 aromatic heterocycles. The van der Waals surface area contributed by atoms with Crippen molar-refractivity contribution >= 4 is 6.03 Å². The van der Waals surface area contributed by atoms with E-state index in [0.717, 1.165) is 12.1 Å². The first-order valence-electron chi connectivity index (χ1n) is 8.23. The van der Waals surface area contributed by atoms with Gasteiger partial charge in [-0.2, -0.15) is 13.2 Å². The molecule has 8 heteroatoms. The summed E-state index contributed by atoms with van der Waals surface area (Å²) < 4.78 is 43.8. The molecule has 5 nitrogen and oxygen atoms in total. The number of alkyl halides is 3. The minimum atomic E-state index is -4.46. The third kappa shape index (κ3) is 4.01. The highest BCUT2D eigenvalue weighted by atomic mass is 19.4. The Morgan fingerprint density at radius 1 is 1.23 bits per heavy atom. The minimum Gasteiger partial charge on any atom is -0.467 e. The molecule has 26 heavy (non-hydrogen) atoms. The smallest absolute Gasteiger partial charge is 0.416 e. The molecule has 0 atom stereocenters. The maximum atomic E-state index is 12.9. The lowest BCUT2D eigenvalue weighted by Crippen LogP contribution is -2.48. The van der Waals surface area contributed by atoms with Gasteiger partial charge in [-0.3, -0.25) is 0 Å². The molecule has 3 rings (SSSR count). The molecule has 1 saturated heterocycles. The van der Waals surface area contributed by atoms with E-state index in [0.29, 0.717) is 5.76 Å². The van der Waals surface area contributed by atoms with Crippen molar-refractivity contribution in [2.45, 2.75) is 31.2 Å². The van der Waals surface area contributed by atoms with E-state index in [-0.39, 0.29) is 44.1 Å². The lowest BCUT2D eigenvalue weighted by Gasteiger charge is -2.38. The van der Waals surface area contributed by atoms with E-state index in [2.05, 4.69) is 5.32 Å². The molecule has 0 aliphatic carbocycles. The van der Waals surface area contributed by atoms with Crippen LogP contribution in [0, 0.1) is 0 Å². The number of hydrogen-bond donors (Lipinski definition) is 2. The van der Waals surface area contributed by atoms with E-state index < -0.39 is 17.3 Å². The Bertz CT molecular complexity index is 751. The summed E-state index contributed by atoms with van der Waals surface area (Å²) in [7, 11) is 0. The normalized spacial score (nSPS) is 17.2. The number of carbonyl (C=O) groups excluding carboxylic acids is 1. The van der Waals surface area contributed by atoms with Crippen LogP contribution in [0.25, 0.3) is 0 Å². The first-order valence-corrected chi connectivity index (χ1v) is 8.23. The molecule has 0 bridgehead atoms. The average Bonchev–Trinajstić information content (AvgIpc) is 3.13. The van der Waals surface area contributed by atoms with Crippen molar-refractivity contribution in [3.63, 3.8) is 0 Å². The maximum Gasteiger partial charge on any atom is 0.416 e. The molecular weight excluding hydrogens is 349 g/mol. The highest BCUT2D eigenvalue weighted by molar-refractivity contribution is 5.74. The first kappa shape index (κ1) is 18.3. The molecule has 0 unspecified atom stereocenters. The van der Waals surface area contributed by atoms with Gasteiger partial charge in [-0.05, 0) is 42.7 Å². The number of amides is 2. The Morgan fingerprint density at radius 2 is 1.96 bits per heavy atom. The molecule has 2 heterocycles. The Morgan fingerprint density at radius 3 is 2.58 bits per heavy atom. The van der Waals surface area contributed by atoms with Crippen molar-refractivity contribution in [3.8, 4) is 0 Å². The van der Waals surface area contributed by atoms with Crippen molar-refractivity contribution in [1.82, 2.24) is 10.2 Å². The molecular formula is C18H19F3N2O3. The molecule has 0 radical (unpaired) electrons. The highest BCUT2D eigenvalue weighted by Crippen LogP contribution is 2.36. The molecule has 2 N–H and O–H groups in total. The van der Waals surface area contributed by atoms with Crippen LogP contribution in [0.15, 0.2) is 47.1 Å². The van der Waals surface area contributed by atoms with Crippen molar-refractivity contribution in [1.29, 1.82) is 0 Å². The number of likely N-dealkylation sites (tertiary alicyclic amines) is 1. The van der Waals surface area contributed by atoms with Gasteiger partial charge in [0.2, 0.25) is 0 Å². The van der Waals surface area contributed by atoms with E-state index >= 15 is 0 Å². The topological polar surface area (TPSA) is 65.7 Å². The van der Waals surface area contributed by atoms with Gasteiger partial charge in [0.25, 0.3) is 0 Å². The largest absolute Gasteiger partial charge is 0.467 e. The van der Waals surface area contributed by atoms with E-state index in [9.17, 15) is 23.1 Å². The predicted octanol–water partition coefficient (Wildman–Crippen LogP) is 3.49. The first-order chi connectivity index (χ1) is 12.3. The molecule has 1 fully saturated rings. The summed E-state index contributed by atoms with van der Waals surface area (Å²) in [5.41, 5.74) is -1.94. The van der Waals surface area contributed by atoms with E-state index in [1.807, 2.05) is 0 Å². The Balaban J connectivity index is 1.61.